The molecule has 0 spiro atoms. The number of alkyl halides is 2. The van der Waals surface area contributed by atoms with Gasteiger partial charge in [-0.05, 0) is 25.2 Å². The van der Waals surface area contributed by atoms with Crippen LogP contribution in [0.4, 0.5) is 8.78 Å². The van der Waals surface area contributed by atoms with Gasteiger partial charge in [-0.15, -0.1) is 0 Å². The number of aryl methyl sites for hydroxylation is 1. The van der Waals surface area contributed by atoms with Crippen LogP contribution in [0, 0.1) is 11.7 Å². The fourth-order valence-electron chi connectivity index (χ4n) is 2.01. The molecule has 8 heteroatoms. The topological polar surface area (TPSA) is 67.5 Å². The van der Waals surface area contributed by atoms with Crippen LogP contribution in [0.1, 0.15) is 11.9 Å². The summed E-state index contributed by atoms with van der Waals surface area (Å²) in [6.45, 7) is -0.306. The number of aliphatic hydroxyl groups is 2. The van der Waals surface area contributed by atoms with Gasteiger partial charge in [-0.25, -0.2) is 13.8 Å². The molecule has 1 aliphatic heterocycles. The third kappa shape index (κ3) is 2.29. The van der Waals surface area contributed by atoms with Crippen molar-refractivity contribution < 1.29 is 23.7 Å². The summed E-state index contributed by atoms with van der Waals surface area (Å²) in [7, 11) is 0. The van der Waals surface area contributed by atoms with Crippen LogP contribution < -0.4 is 0 Å². The predicted molar refractivity (Wildman–Crippen MR) is 64.6 cm³/mol. The van der Waals surface area contributed by atoms with Crippen LogP contribution >= 0.6 is 12.2 Å². The molecule has 0 aromatic carbocycles. The monoisotopic (exact) mass is 292 g/mol. The number of aliphatic hydroxyl groups excluding tert-OH is 2. The average molecular weight is 292 g/mol. The SMILES string of the molecule is Cc1ccn([C@@H]2O[C@@](CO)(CF)C(O)[C@@H]2F)c(=S)n1. The first-order valence-electron chi connectivity index (χ1n) is 5.68. The van der Waals surface area contributed by atoms with Gasteiger partial charge in [0, 0.05) is 11.9 Å². The molecule has 1 fully saturated rings. The Hall–Kier alpha value is -0.960. The highest BCUT2D eigenvalue weighted by Gasteiger charge is 2.56. The second-order valence-electron chi connectivity index (χ2n) is 4.51. The highest BCUT2D eigenvalue weighted by molar-refractivity contribution is 7.71. The maximum Gasteiger partial charge on any atom is 0.201 e. The van der Waals surface area contributed by atoms with E-state index < -0.39 is 37.4 Å². The highest BCUT2D eigenvalue weighted by atomic mass is 32.1. The molecule has 1 aromatic rings. The molecule has 2 rings (SSSR count). The van der Waals surface area contributed by atoms with Gasteiger partial charge in [0.1, 0.15) is 12.8 Å². The Labute approximate surface area is 113 Å². The lowest BCUT2D eigenvalue weighted by Crippen LogP contribution is -2.47. The van der Waals surface area contributed by atoms with Gasteiger partial charge in [0.2, 0.25) is 4.77 Å². The van der Waals surface area contributed by atoms with Crippen molar-refractivity contribution in [2.24, 2.45) is 0 Å². The first kappa shape index (κ1) is 14.4. The zero-order valence-corrected chi connectivity index (χ0v) is 11.0. The van der Waals surface area contributed by atoms with Gasteiger partial charge in [0.15, 0.2) is 18.0 Å². The summed E-state index contributed by atoms with van der Waals surface area (Å²) in [5.41, 5.74) is -1.31. The minimum absolute atomic E-state index is 0.0625. The Morgan fingerprint density at radius 2 is 2.32 bits per heavy atom. The second-order valence-corrected chi connectivity index (χ2v) is 4.88. The molecule has 1 unspecified atom stereocenters. The minimum atomic E-state index is -1.95. The van der Waals surface area contributed by atoms with E-state index in [2.05, 4.69) is 4.98 Å². The molecule has 106 valence electrons. The predicted octanol–water partition coefficient (Wildman–Crippen LogP) is 0.849. The summed E-state index contributed by atoms with van der Waals surface area (Å²) in [6, 6.07) is 1.59. The molecule has 1 aromatic heterocycles. The Bertz CT molecular complexity index is 521. The Morgan fingerprint density at radius 3 is 2.79 bits per heavy atom. The summed E-state index contributed by atoms with van der Waals surface area (Å²) in [6.07, 6.45) is -3.52. The van der Waals surface area contributed by atoms with E-state index in [9.17, 15) is 13.9 Å². The quantitative estimate of drug-likeness (QED) is 0.809. The van der Waals surface area contributed by atoms with Crippen LogP contribution in [0.3, 0.4) is 0 Å². The average Bonchev–Trinajstić information content (AvgIpc) is 2.64. The van der Waals surface area contributed by atoms with E-state index in [1.54, 1.807) is 13.0 Å². The first-order chi connectivity index (χ1) is 8.95. The molecule has 0 amide bonds. The standard InChI is InChI=1S/C11H14F2N2O3S/c1-6-2-3-15(10(19)14-6)9-7(13)8(17)11(4-12,5-16)18-9/h2-3,7-9,16-17H,4-5H2,1H3/t7-,8?,9+,11+/m0/s1. The lowest BCUT2D eigenvalue weighted by atomic mass is 9.98. The zero-order chi connectivity index (χ0) is 14.2. The molecule has 0 aliphatic carbocycles. The van der Waals surface area contributed by atoms with Crippen LogP contribution in [0.2, 0.25) is 0 Å². The van der Waals surface area contributed by atoms with Crippen LogP contribution in [0.25, 0.3) is 0 Å². The van der Waals surface area contributed by atoms with Gasteiger partial charge in [0.05, 0.1) is 6.61 Å². The molecule has 0 radical (unpaired) electrons. The molecule has 4 atom stereocenters. The maximum atomic E-state index is 14.1. The van der Waals surface area contributed by atoms with E-state index in [1.165, 1.54) is 10.8 Å². The minimum Gasteiger partial charge on any atom is -0.393 e. The number of halogens is 2. The Kier molecular flexibility index (Phi) is 3.95. The Morgan fingerprint density at radius 1 is 1.63 bits per heavy atom. The molecular formula is C11H14F2N2O3S. The molecule has 19 heavy (non-hydrogen) atoms. The van der Waals surface area contributed by atoms with Crippen molar-refractivity contribution in [2.75, 3.05) is 13.3 Å². The molecule has 1 saturated heterocycles. The second kappa shape index (κ2) is 5.20. The van der Waals surface area contributed by atoms with Gasteiger partial charge < -0.3 is 14.9 Å². The summed E-state index contributed by atoms with van der Waals surface area (Å²) >= 11 is 4.98. The molecule has 2 heterocycles. The van der Waals surface area contributed by atoms with Crippen molar-refractivity contribution in [2.45, 2.75) is 31.0 Å². The van der Waals surface area contributed by atoms with Crippen LogP contribution in [-0.4, -0.2) is 50.9 Å². The van der Waals surface area contributed by atoms with Gasteiger partial charge in [0.25, 0.3) is 0 Å². The van der Waals surface area contributed by atoms with E-state index in [-0.39, 0.29) is 4.77 Å². The molecular weight excluding hydrogens is 278 g/mol. The zero-order valence-electron chi connectivity index (χ0n) is 10.2. The smallest absolute Gasteiger partial charge is 0.201 e. The van der Waals surface area contributed by atoms with Gasteiger partial charge >= 0.3 is 0 Å². The van der Waals surface area contributed by atoms with Crippen LogP contribution in [-0.2, 0) is 4.74 Å². The van der Waals surface area contributed by atoms with Crippen molar-refractivity contribution in [3.63, 3.8) is 0 Å². The van der Waals surface area contributed by atoms with Crippen molar-refractivity contribution >= 4 is 12.2 Å². The van der Waals surface area contributed by atoms with E-state index in [4.69, 9.17) is 22.1 Å². The lowest BCUT2D eigenvalue weighted by Gasteiger charge is -2.26. The lowest BCUT2D eigenvalue weighted by molar-refractivity contribution is -0.137. The molecule has 0 saturated carbocycles. The normalized spacial score (nSPS) is 34.7. The fourth-order valence-corrected chi connectivity index (χ4v) is 2.32. The number of ether oxygens (including phenoxy) is 1. The van der Waals surface area contributed by atoms with Gasteiger partial charge in [-0.3, -0.25) is 4.57 Å². The summed E-state index contributed by atoms with van der Waals surface area (Å²) in [5, 5.41) is 18.9. The van der Waals surface area contributed by atoms with Crippen molar-refractivity contribution in [1.82, 2.24) is 9.55 Å². The summed E-state index contributed by atoms with van der Waals surface area (Å²) in [4.78, 5) is 3.97. The van der Waals surface area contributed by atoms with Crippen molar-refractivity contribution in [1.29, 1.82) is 0 Å². The number of hydrogen-bond acceptors (Lipinski definition) is 5. The third-order valence-corrected chi connectivity index (χ3v) is 3.51. The third-order valence-electron chi connectivity index (χ3n) is 3.21. The largest absolute Gasteiger partial charge is 0.393 e. The number of aromatic nitrogens is 2. The molecule has 5 nitrogen and oxygen atoms in total. The Balaban J connectivity index is 2.39. The van der Waals surface area contributed by atoms with Gasteiger partial charge in [-0.1, -0.05) is 0 Å². The number of rotatable bonds is 3. The van der Waals surface area contributed by atoms with Crippen LogP contribution in [0.5, 0.6) is 0 Å². The van der Waals surface area contributed by atoms with Gasteiger partial charge in [-0.2, -0.15) is 0 Å². The molecule has 2 N–H and O–H groups in total. The maximum absolute atomic E-state index is 14.1. The van der Waals surface area contributed by atoms with E-state index in [0.29, 0.717) is 5.69 Å². The van der Waals surface area contributed by atoms with Crippen molar-refractivity contribution in [3.05, 3.63) is 22.7 Å². The fraction of sp³-hybridized carbons (Fsp3) is 0.636. The van der Waals surface area contributed by atoms with E-state index >= 15 is 0 Å². The van der Waals surface area contributed by atoms with Crippen LogP contribution in [0.15, 0.2) is 12.3 Å². The van der Waals surface area contributed by atoms with E-state index in [1.807, 2.05) is 0 Å². The van der Waals surface area contributed by atoms with E-state index in [0.717, 1.165) is 0 Å². The summed E-state index contributed by atoms with van der Waals surface area (Å²) in [5.74, 6) is 0. The molecule has 0 bridgehead atoms. The first-order valence-corrected chi connectivity index (χ1v) is 6.08. The summed E-state index contributed by atoms with van der Waals surface area (Å²) < 4.78 is 33.5. The number of hydrogen-bond donors (Lipinski definition) is 2. The molecule has 1 aliphatic rings. The van der Waals surface area contributed by atoms with Crippen molar-refractivity contribution in [3.8, 4) is 0 Å². The number of nitrogens with zero attached hydrogens (tertiary/aromatic N) is 2. The highest BCUT2D eigenvalue weighted by Crippen LogP contribution is 2.39.